The Labute approximate surface area is 61.0 Å². The lowest BCUT2D eigenvalue weighted by atomic mass is 10.4. The zero-order valence-corrected chi connectivity index (χ0v) is 6.44. The van der Waals surface area contributed by atoms with E-state index in [9.17, 15) is 4.39 Å². The molecule has 1 nitrogen and oxygen atoms in total. The maximum Gasteiger partial charge on any atom is 0.145 e. The van der Waals surface area contributed by atoms with Crippen LogP contribution in [0.2, 0.25) is 0 Å². The fraction of sp³-hybridized carbons (Fsp3) is 0.167. The van der Waals surface area contributed by atoms with Crippen molar-refractivity contribution in [1.82, 2.24) is 4.98 Å². The smallest absolute Gasteiger partial charge is 0.145 e. The van der Waals surface area contributed by atoms with Crippen LogP contribution in [0.1, 0.15) is 5.69 Å². The van der Waals surface area contributed by atoms with Crippen molar-refractivity contribution in [3.63, 3.8) is 0 Å². The molecule has 3 heteroatoms. The van der Waals surface area contributed by atoms with Gasteiger partial charge in [0.05, 0.1) is 5.69 Å². The first kappa shape index (κ1) is 6.68. The zero-order chi connectivity index (χ0) is 6.85. The van der Waals surface area contributed by atoms with E-state index in [1.54, 1.807) is 13.1 Å². The molecule has 0 bridgehead atoms. The van der Waals surface area contributed by atoms with Crippen LogP contribution in [-0.4, -0.2) is 4.98 Å². The topological polar surface area (TPSA) is 12.9 Å². The van der Waals surface area contributed by atoms with Crippen molar-refractivity contribution in [3.05, 3.63) is 28.2 Å². The third-order valence-corrected chi connectivity index (χ3v) is 1.43. The molecule has 1 rings (SSSR count). The molecule has 0 atom stereocenters. The molecule has 0 saturated heterocycles. The summed E-state index contributed by atoms with van der Waals surface area (Å²) in [6.07, 6.45) is 1.57. The molecule has 0 N–H and O–H groups in total. The van der Waals surface area contributed by atoms with E-state index in [0.717, 1.165) is 0 Å². The van der Waals surface area contributed by atoms with E-state index in [-0.39, 0.29) is 5.82 Å². The summed E-state index contributed by atoms with van der Waals surface area (Å²) < 4.78 is 13.2. The molecule has 0 unspecified atom stereocenters. The highest BCUT2D eigenvalue weighted by molar-refractivity contribution is 9.10. The van der Waals surface area contributed by atoms with E-state index in [2.05, 4.69) is 20.9 Å². The molecule has 0 aliphatic rings. The van der Waals surface area contributed by atoms with Crippen LogP contribution in [0.15, 0.2) is 16.7 Å². The van der Waals surface area contributed by atoms with Crippen molar-refractivity contribution in [2.75, 3.05) is 0 Å². The summed E-state index contributed by atoms with van der Waals surface area (Å²) in [6, 6.07) is 1.39. The van der Waals surface area contributed by atoms with Gasteiger partial charge in [0, 0.05) is 10.7 Å². The Bertz CT molecular complexity index is 224. The average molecular weight is 190 g/mol. The summed E-state index contributed by atoms with van der Waals surface area (Å²) in [4.78, 5) is 3.76. The van der Waals surface area contributed by atoms with Crippen molar-refractivity contribution >= 4 is 15.9 Å². The van der Waals surface area contributed by atoms with Gasteiger partial charge in [-0.15, -0.1) is 0 Å². The van der Waals surface area contributed by atoms with Gasteiger partial charge in [-0.2, -0.15) is 0 Å². The Morgan fingerprint density at radius 1 is 1.67 bits per heavy atom. The largest absolute Gasteiger partial charge is 0.257 e. The Kier molecular flexibility index (Phi) is 1.81. The lowest BCUT2D eigenvalue weighted by molar-refractivity contribution is 0.608. The first-order valence-corrected chi connectivity index (χ1v) is 3.27. The number of halogens is 2. The Balaban J connectivity index is 3.17. The number of nitrogens with zero attached hydrogens (tertiary/aromatic N) is 1. The molecule has 0 fully saturated rings. The van der Waals surface area contributed by atoms with Crippen molar-refractivity contribution in [2.45, 2.75) is 6.92 Å². The van der Waals surface area contributed by atoms with Gasteiger partial charge < -0.3 is 0 Å². The van der Waals surface area contributed by atoms with Gasteiger partial charge in [-0.3, -0.25) is 4.98 Å². The molecule has 0 saturated carbocycles. The summed E-state index contributed by atoms with van der Waals surface area (Å²) in [6.45, 7) is 1.63. The highest BCUT2D eigenvalue weighted by atomic mass is 79.9. The van der Waals surface area contributed by atoms with E-state index in [1.165, 1.54) is 6.07 Å². The van der Waals surface area contributed by atoms with Gasteiger partial charge in [0.2, 0.25) is 0 Å². The second kappa shape index (κ2) is 2.43. The minimum Gasteiger partial charge on any atom is -0.257 e. The maximum atomic E-state index is 12.5. The predicted octanol–water partition coefficient (Wildman–Crippen LogP) is 2.29. The van der Waals surface area contributed by atoms with Gasteiger partial charge in [-0.1, -0.05) is 0 Å². The van der Waals surface area contributed by atoms with E-state index >= 15 is 0 Å². The molecule has 0 aromatic carbocycles. The molecule has 1 aromatic heterocycles. The summed E-state index contributed by atoms with van der Waals surface area (Å²) in [7, 11) is 0. The summed E-state index contributed by atoms with van der Waals surface area (Å²) in [5, 5.41) is 0. The molecule has 0 aliphatic heterocycles. The van der Waals surface area contributed by atoms with Gasteiger partial charge in [-0.25, -0.2) is 4.39 Å². The van der Waals surface area contributed by atoms with Crippen LogP contribution < -0.4 is 0 Å². The maximum absolute atomic E-state index is 12.5. The summed E-state index contributed by atoms with van der Waals surface area (Å²) >= 11 is 3.09. The third-order valence-electron chi connectivity index (χ3n) is 0.992. The van der Waals surface area contributed by atoms with Crippen LogP contribution in [0.3, 0.4) is 0 Å². The molecule has 0 spiro atoms. The molecule has 48 valence electrons. The number of aryl methyl sites for hydroxylation is 1. The van der Waals surface area contributed by atoms with Crippen LogP contribution in [0.4, 0.5) is 4.39 Å². The van der Waals surface area contributed by atoms with Crippen LogP contribution in [0, 0.1) is 12.7 Å². The molecule has 0 amide bonds. The number of hydrogen-bond donors (Lipinski definition) is 0. The van der Waals surface area contributed by atoms with E-state index in [1.807, 2.05) is 0 Å². The van der Waals surface area contributed by atoms with Crippen molar-refractivity contribution in [2.24, 2.45) is 0 Å². The first-order chi connectivity index (χ1) is 4.20. The van der Waals surface area contributed by atoms with Crippen molar-refractivity contribution in [1.29, 1.82) is 0 Å². The SMILES string of the molecule is Cc1ncc(Br)cc1F. The molecule has 1 heterocycles. The van der Waals surface area contributed by atoms with Gasteiger partial charge in [0.15, 0.2) is 0 Å². The normalized spacial score (nSPS) is 9.67. The minimum absolute atomic E-state index is 0.274. The van der Waals surface area contributed by atoms with Gasteiger partial charge in [0.25, 0.3) is 0 Å². The van der Waals surface area contributed by atoms with Crippen LogP contribution in [-0.2, 0) is 0 Å². The number of rotatable bonds is 0. The van der Waals surface area contributed by atoms with Gasteiger partial charge in [-0.05, 0) is 28.9 Å². The quantitative estimate of drug-likeness (QED) is 0.611. The van der Waals surface area contributed by atoms with E-state index < -0.39 is 0 Å². The zero-order valence-electron chi connectivity index (χ0n) is 4.86. The fourth-order valence-corrected chi connectivity index (χ4v) is 0.786. The average Bonchev–Trinajstić information content (AvgIpc) is 1.80. The number of pyridine rings is 1. The van der Waals surface area contributed by atoms with Gasteiger partial charge in [0.1, 0.15) is 5.82 Å². The van der Waals surface area contributed by atoms with Crippen LogP contribution >= 0.6 is 15.9 Å². The summed E-state index contributed by atoms with van der Waals surface area (Å²) in [5.41, 5.74) is 0.429. The number of hydrogen-bond acceptors (Lipinski definition) is 1. The third kappa shape index (κ3) is 1.48. The Hall–Kier alpha value is -0.440. The minimum atomic E-state index is -0.274. The number of aromatic nitrogens is 1. The lowest BCUT2D eigenvalue weighted by Crippen LogP contribution is -1.85. The monoisotopic (exact) mass is 189 g/mol. The van der Waals surface area contributed by atoms with E-state index in [0.29, 0.717) is 10.2 Å². The highest BCUT2D eigenvalue weighted by Gasteiger charge is 1.96. The predicted molar refractivity (Wildman–Crippen MR) is 36.6 cm³/mol. The molecule has 1 aromatic rings. The molecule has 9 heavy (non-hydrogen) atoms. The molecule has 0 aliphatic carbocycles. The van der Waals surface area contributed by atoms with E-state index in [4.69, 9.17) is 0 Å². The first-order valence-electron chi connectivity index (χ1n) is 2.48. The Morgan fingerprint density at radius 3 is 2.78 bits per heavy atom. The standard InChI is InChI=1S/C6H5BrFN/c1-4-6(8)2-5(7)3-9-4/h2-3H,1H3. The highest BCUT2D eigenvalue weighted by Crippen LogP contribution is 2.10. The van der Waals surface area contributed by atoms with Crippen molar-refractivity contribution in [3.8, 4) is 0 Å². The van der Waals surface area contributed by atoms with Crippen LogP contribution in [0.25, 0.3) is 0 Å². The Morgan fingerprint density at radius 2 is 2.33 bits per heavy atom. The molecular weight excluding hydrogens is 185 g/mol. The second-order valence-electron chi connectivity index (χ2n) is 1.72. The summed E-state index contributed by atoms with van der Waals surface area (Å²) in [5.74, 6) is -0.274. The van der Waals surface area contributed by atoms with Crippen molar-refractivity contribution < 1.29 is 4.39 Å². The van der Waals surface area contributed by atoms with Crippen LogP contribution in [0.5, 0.6) is 0 Å². The van der Waals surface area contributed by atoms with Gasteiger partial charge >= 0.3 is 0 Å². The second-order valence-corrected chi connectivity index (χ2v) is 2.64. The molecular formula is C6H5BrFN. The fourth-order valence-electron chi connectivity index (χ4n) is 0.483. The molecule has 0 radical (unpaired) electrons. The lowest BCUT2D eigenvalue weighted by Gasteiger charge is -1.92.